The zero-order valence-corrected chi connectivity index (χ0v) is 7.70. The number of hydrogen-bond donors (Lipinski definition) is 0. The molecule has 1 atom stereocenters. The summed E-state index contributed by atoms with van der Waals surface area (Å²) < 4.78 is 13.1. The van der Waals surface area contributed by atoms with Gasteiger partial charge in [0.25, 0.3) is 0 Å². The number of nitrogens with zero attached hydrogens (tertiary/aromatic N) is 1. The molecule has 1 aliphatic carbocycles. The largest absolute Gasteiger partial charge is 0.448 e. The first kappa shape index (κ1) is 10.6. The van der Waals surface area contributed by atoms with Crippen LogP contribution in [0.15, 0.2) is 23.6 Å². The average molecular weight is 199 g/mol. The van der Waals surface area contributed by atoms with E-state index in [9.17, 15) is 19.3 Å². The topological polar surface area (TPSA) is 60.2 Å². The molecule has 1 aliphatic rings. The molecule has 14 heavy (non-hydrogen) atoms. The number of halogens is 1. The number of amides is 1. The second-order valence-corrected chi connectivity index (χ2v) is 3.24. The SMILES string of the molecule is C[C@H]1CC=CC(F)=C1CC(=O)[N+](=O)[O-]. The van der Waals surface area contributed by atoms with Crippen LogP contribution in [0.2, 0.25) is 0 Å². The highest BCUT2D eigenvalue weighted by Crippen LogP contribution is 2.28. The van der Waals surface area contributed by atoms with Gasteiger partial charge in [-0.25, -0.2) is 9.18 Å². The minimum Gasteiger partial charge on any atom is -0.256 e. The Kier molecular flexibility index (Phi) is 3.11. The molecule has 0 radical (unpaired) electrons. The Bertz CT molecular complexity index is 333. The Balaban J connectivity index is 2.80. The highest BCUT2D eigenvalue weighted by atomic mass is 19.1. The van der Waals surface area contributed by atoms with Gasteiger partial charge in [-0.2, -0.15) is 0 Å². The number of carbonyl (C=O) groups excluding carboxylic acids is 1. The third kappa shape index (κ3) is 2.25. The molecule has 0 bridgehead atoms. The lowest BCUT2D eigenvalue weighted by Gasteiger charge is -2.15. The fraction of sp³-hybridized carbons (Fsp3) is 0.444. The highest BCUT2D eigenvalue weighted by Gasteiger charge is 2.24. The van der Waals surface area contributed by atoms with E-state index >= 15 is 0 Å². The molecule has 0 saturated heterocycles. The van der Waals surface area contributed by atoms with Crippen LogP contribution in [0.25, 0.3) is 0 Å². The molecule has 0 N–H and O–H groups in total. The Morgan fingerprint density at radius 2 is 2.43 bits per heavy atom. The van der Waals surface area contributed by atoms with E-state index in [0.29, 0.717) is 6.42 Å². The van der Waals surface area contributed by atoms with E-state index in [-0.39, 0.29) is 11.5 Å². The third-order valence-corrected chi connectivity index (χ3v) is 2.20. The second kappa shape index (κ2) is 4.13. The summed E-state index contributed by atoms with van der Waals surface area (Å²) in [5, 5.41) is 10.1. The quantitative estimate of drug-likeness (QED) is 0.504. The van der Waals surface area contributed by atoms with Crippen molar-refractivity contribution in [2.75, 3.05) is 0 Å². The molecule has 0 heterocycles. The van der Waals surface area contributed by atoms with Crippen molar-refractivity contribution < 1.29 is 14.1 Å². The molecule has 0 aromatic carbocycles. The maximum atomic E-state index is 13.1. The Hall–Kier alpha value is -1.52. The molecule has 0 aromatic rings. The maximum absolute atomic E-state index is 13.1. The van der Waals surface area contributed by atoms with Crippen LogP contribution >= 0.6 is 0 Å². The van der Waals surface area contributed by atoms with Crippen LogP contribution < -0.4 is 0 Å². The van der Waals surface area contributed by atoms with Gasteiger partial charge >= 0.3 is 5.91 Å². The van der Waals surface area contributed by atoms with Gasteiger partial charge in [0.1, 0.15) is 17.2 Å². The van der Waals surface area contributed by atoms with E-state index in [2.05, 4.69) is 0 Å². The first-order chi connectivity index (χ1) is 6.52. The molecular formula is C9H10FNO3. The Morgan fingerprint density at radius 3 is 2.93 bits per heavy atom. The lowest BCUT2D eigenvalue weighted by Crippen LogP contribution is -2.16. The molecule has 4 nitrogen and oxygen atoms in total. The van der Waals surface area contributed by atoms with Crippen molar-refractivity contribution in [3.05, 3.63) is 33.7 Å². The van der Waals surface area contributed by atoms with Crippen molar-refractivity contribution in [3.8, 4) is 0 Å². The number of carbonyl (C=O) groups is 1. The standard InChI is InChI=1S/C9H10FNO3/c1-6-3-2-4-8(10)7(6)5-9(12)11(13)14/h2,4,6H,3,5H2,1H3/t6-/m0/s1. The van der Waals surface area contributed by atoms with Crippen molar-refractivity contribution in [2.45, 2.75) is 19.8 Å². The fourth-order valence-corrected chi connectivity index (χ4v) is 1.35. The number of rotatable bonds is 2. The normalized spacial score (nSPS) is 21.1. The molecule has 76 valence electrons. The summed E-state index contributed by atoms with van der Waals surface area (Å²) in [6.45, 7) is 1.74. The lowest BCUT2D eigenvalue weighted by atomic mass is 9.90. The summed E-state index contributed by atoms with van der Waals surface area (Å²) >= 11 is 0. The van der Waals surface area contributed by atoms with Gasteiger partial charge < -0.3 is 0 Å². The predicted octanol–water partition coefficient (Wildman–Crippen LogP) is 2.00. The van der Waals surface area contributed by atoms with Gasteiger partial charge in [-0.05, 0) is 24.0 Å². The van der Waals surface area contributed by atoms with E-state index < -0.39 is 23.1 Å². The maximum Gasteiger partial charge on any atom is 0.448 e. The lowest BCUT2D eigenvalue weighted by molar-refractivity contribution is -0.401. The fourth-order valence-electron chi connectivity index (χ4n) is 1.35. The van der Waals surface area contributed by atoms with Crippen LogP contribution in [0.5, 0.6) is 0 Å². The van der Waals surface area contributed by atoms with Gasteiger partial charge in [-0.1, -0.05) is 13.0 Å². The molecule has 5 heteroatoms. The van der Waals surface area contributed by atoms with Crippen molar-refractivity contribution in [3.63, 3.8) is 0 Å². The van der Waals surface area contributed by atoms with Crippen LogP contribution in [-0.4, -0.2) is 10.8 Å². The van der Waals surface area contributed by atoms with Gasteiger partial charge in [-0.3, -0.25) is 10.1 Å². The minimum absolute atomic E-state index is 0.135. The van der Waals surface area contributed by atoms with Gasteiger partial charge in [0, 0.05) is 0 Å². The first-order valence-electron chi connectivity index (χ1n) is 4.24. The molecular weight excluding hydrogens is 189 g/mol. The molecule has 0 unspecified atom stereocenters. The van der Waals surface area contributed by atoms with Crippen LogP contribution in [0, 0.1) is 16.0 Å². The van der Waals surface area contributed by atoms with Crippen LogP contribution in [-0.2, 0) is 4.79 Å². The van der Waals surface area contributed by atoms with Crippen molar-refractivity contribution >= 4 is 5.91 Å². The van der Waals surface area contributed by atoms with E-state index in [1.165, 1.54) is 6.08 Å². The van der Waals surface area contributed by atoms with Gasteiger partial charge in [0.05, 0.1) is 0 Å². The zero-order valence-electron chi connectivity index (χ0n) is 7.70. The first-order valence-corrected chi connectivity index (χ1v) is 4.24. The van der Waals surface area contributed by atoms with Gasteiger partial charge in [0.15, 0.2) is 0 Å². The minimum atomic E-state index is -1.16. The summed E-state index contributed by atoms with van der Waals surface area (Å²) in [7, 11) is 0. The summed E-state index contributed by atoms with van der Waals surface area (Å²) in [5.74, 6) is -1.81. The predicted molar refractivity (Wildman–Crippen MR) is 47.7 cm³/mol. The molecule has 0 spiro atoms. The van der Waals surface area contributed by atoms with E-state index in [1.54, 1.807) is 13.0 Å². The van der Waals surface area contributed by atoms with Crippen molar-refractivity contribution in [1.29, 1.82) is 0 Å². The summed E-state index contributed by atoms with van der Waals surface area (Å²) in [6.07, 6.45) is 3.10. The van der Waals surface area contributed by atoms with Crippen LogP contribution in [0.3, 0.4) is 0 Å². The third-order valence-electron chi connectivity index (χ3n) is 2.20. The average Bonchev–Trinajstić information content (AvgIpc) is 2.11. The van der Waals surface area contributed by atoms with E-state index in [0.717, 1.165) is 0 Å². The zero-order chi connectivity index (χ0) is 10.7. The Labute approximate surface area is 80.3 Å². The molecule has 0 saturated carbocycles. The molecule has 1 rings (SSSR count). The molecule has 1 amide bonds. The molecule has 0 aromatic heterocycles. The second-order valence-electron chi connectivity index (χ2n) is 3.24. The van der Waals surface area contributed by atoms with Gasteiger partial charge in [-0.15, -0.1) is 0 Å². The monoisotopic (exact) mass is 199 g/mol. The van der Waals surface area contributed by atoms with Crippen LogP contribution in [0.1, 0.15) is 19.8 Å². The van der Waals surface area contributed by atoms with Gasteiger partial charge in [0.2, 0.25) is 0 Å². The summed E-state index contributed by atoms with van der Waals surface area (Å²) in [4.78, 5) is 19.8. The highest BCUT2D eigenvalue weighted by molar-refractivity contribution is 5.71. The number of allylic oxidation sites excluding steroid dienone is 3. The van der Waals surface area contributed by atoms with Crippen molar-refractivity contribution in [1.82, 2.24) is 0 Å². The van der Waals surface area contributed by atoms with Crippen molar-refractivity contribution in [2.24, 2.45) is 5.92 Å². The van der Waals surface area contributed by atoms with E-state index in [1.807, 2.05) is 0 Å². The number of hydrogen-bond acceptors (Lipinski definition) is 3. The molecule has 0 fully saturated rings. The summed E-state index contributed by atoms with van der Waals surface area (Å²) in [6, 6.07) is 0. The number of nitro groups is 1. The Morgan fingerprint density at radius 1 is 1.79 bits per heavy atom. The van der Waals surface area contributed by atoms with E-state index in [4.69, 9.17) is 0 Å². The smallest absolute Gasteiger partial charge is 0.256 e. The summed E-state index contributed by atoms with van der Waals surface area (Å²) in [5.41, 5.74) is 0.231. The van der Waals surface area contributed by atoms with Crippen LogP contribution in [0.4, 0.5) is 4.39 Å². The molecule has 0 aliphatic heterocycles.